The number of hydrogen-bond acceptors (Lipinski definition) is 13. The SMILES string of the molecule is CC(C)C[C@H](NC(=O)CNC(=O)[C@H](CC(C)C)NC(=O)[C@H](CCC(N)=O)NC(=O)[C@H](C)NC(=O)[C@H]1C[C@H](O)CN1)C(=O)N[C@@H](C)C(=O)NCC(=O)N1CCCC1C(=O)N[C@@H](C)C(=O)O. The third kappa shape index (κ3) is 18.4. The number of carbonyl (C=O) groups is 11. The topological polar surface area (TPSA) is 366 Å². The molecular formula is C40H67N11O13. The Labute approximate surface area is 371 Å². The zero-order chi connectivity index (χ0) is 48.4. The Morgan fingerprint density at radius 2 is 1.20 bits per heavy atom. The number of aliphatic hydroxyl groups is 1. The van der Waals surface area contributed by atoms with E-state index in [1.54, 1.807) is 27.7 Å². The first-order valence-electron chi connectivity index (χ1n) is 21.5. The van der Waals surface area contributed by atoms with Gasteiger partial charge in [-0.25, -0.2) is 0 Å². The van der Waals surface area contributed by atoms with Crippen LogP contribution >= 0.6 is 0 Å². The third-order valence-corrected chi connectivity index (χ3v) is 10.4. The zero-order valence-corrected chi connectivity index (χ0v) is 37.5. The van der Waals surface area contributed by atoms with Crippen LogP contribution in [0.2, 0.25) is 0 Å². The van der Waals surface area contributed by atoms with Gasteiger partial charge < -0.3 is 68.7 Å². The molecule has 0 radical (unpaired) electrons. The molecule has 0 aromatic heterocycles. The molecule has 10 amide bonds. The summed E-state index contributed by atoms with van der Waals surface area (Å²) in [5.74, 6) is -8.67. The minimum Gasteiger partial charge on any atom is -0.480 e. The van der Waals surface area contributed by atoms with Crippen LogP contribution in [0, 0.1) is 11.8 Å². The Hall–Kier alpha value is -5.91. The van der Waals surface area contributed by atoms with Gasteiger partial charge in [0, 0.05) is 19.5 Å². The lowest BCUT2D eigenvalue weighted by Crippen LogP contribution is -2.58. The molecule has 2 saturated heterocycles. The highest BCUT2D eigenvalue weighted by Crippen LogP contribution is 2.18. The number of aliphatic hydroxyl groups excluding tert-OH is 1. The van der Waals surface area contributed by atoms with Crippen molar-refractivity contribution < 1.29 is 63.0 Å². The van der Waals surface area contributed by atoms with Crippen LogP contribution in [0.1, 0.15) is 93.4 Å². The van der Waals surface area contributed by atoms with Crippen molar-refractivity contribution >= 4 is 65.0 Å². The molecule has 2 fully saturated rings. The molecule has 0 aliphatic carbocycles. The van der Waals surface area contributed by atoms with Crippen LogP contribution in [0.25, 0.3) is 0 Å². The number of amides is 10. The number of hydrogen-bond donors (Lipinski definition) is 12. The molecule has 24 heteroatoms. The molecule has 0 aromatic carbocycles. The second kappa shape index (κ2) is 26.0. The number of nitrogens with zero attached hydrogens (tertiary/aromatic N) is 1. The average molecular weight is 910 g/mol. The lowest BCUT2D eigenvalue weighted by Gasteiger charge is -2.26. The smallest absolute Gasteiger partial charge is 0.325 e. The summed E-state index contributed by atoms with van der Waals surface area (Å²) >= 11 is 0. The minimum absolute atomic E-state index is 0.0896. The number of carbonyl (C=O) groups excluding carboxylic acids is 10. The van der Waals surface area contributed by atoms with E-state index >= 15 is 0 Å². The number of primary amides is 1. The summed E-state index contributed by atoms with van der Waals surface area (Å²) in [6, 6.07) is -8.84. The Kier molecular flexibility index (Phi) is 22.0. The summed E-state index contributed by atoms with van der Waals surface area (Å²) in [5, 5.41) is 41.4. The summed E-state index contributed by atoms with van der Waals surface area (Å²) in [4.78, 5) is 141. The van der Waals surface area contributed by atoms with Gasteiger partial charge in [0.1, 0.15) is 42.3 Å². The number of aliphatic carboxylic acids is 1. The highest BCUT2D eigenvalue weighted by Gasteiger charge is 2.36. The largest absolute Gasteiger partial charge is 0.480 e. The summed E-state index contributed by atoms with van der Waals surface area (Å²) in [6.45, 7) is 10.5. The molecule has 0 aromatic rings. The van der Waals surface area contributed by atoms with Crippen molar-refractivity contribution in [2.45, 2.75) is 148 Å². The number of carboxylic acids is 1. The lowest BCUT2D eigenvalue weighted by molar-refractivity contribution is -0.143. The van der Waals surface area contributed by atoms with E-state index in [-0.39, 0.29) is 57.0 Å². The summed E-state index contributed by atoms with van der Waals surface area (Å²) in [5.41, 5.74) is 5.30. The standard InChI is InChI=1S/C40H67N11O13/c1-19(2)13-27(50-36(59)25(10-11-30(41)53)49-34(57)22(6)46-37(60)26-15-24(52)16-42-26)35(58)43-17-31(54)48-28(14-20(3)4)38(61)45-21(5)33(56)44-18-32(55)51-12-8-9-29(51)39(62)47-23(7)40(63)64/h19-29,42,52H,8-18H2,1-7H3,(H2,41,53)(H,43,58)(H,44,56)(H,45,61)(H,46,60)(H,47,62)(H,48,54)(H,49,57)(H,50,59)(H,63,64)/t21-,22-,23-,24-,25-,26+,27-,28-,29?/m0/s1. The predicted molar refractivity (Wildman–Crippen MR) is 227 cm³/mol. The van der Waals surface area contributed by atoms with E-state index < -0.39 is 133 Å². The Morgan fingerprint density at radius 1 is 0.656 bits per heavy atom. The van der Waals surface area contributed by atoms with Crippen LogP contribution in [0.15, 0.2) is 0 Å². The first-order chi connectivity index (χ1) is 29.9. The van der Waals surface area contributed by atoms with E-state index in [4.69, 9.17) is 10.8 Å². The van der Waals surface area contributed by atoms with Gasteiger partial charge >= 0.3 is 5.97 Å². The van der Waals surface area contributed by atoms with E-state index in [0.717, 1.165) is 0 Å². The fourth-order valence-corrected chi connectivity index (χ4v) is 6.87. The van der Waals surface area contributed by atoms with Crippen LogP contribution < -0.4 is 53.6 Å². The number of carboxylic acid groups (broad SMARTS) is 1. The van der Waals surface area contributed by atoms with Crippen molar-refractivity contribution in [2.75, 3.05) is 26.2 Å². The highest BCUT2D eigenvalue weighted by atomic mass is 16.4. The van der Waals surface area contributed by atoms with Gasteiger partial charge in [-0.05, 0) is 71.1 Å². The molecule has 13 N–H and O–H groups in total. The molecule has 0 bridgehead atoms. The van der Waals surface area contributed by atoms with Crippen molar-refractivity contribution in [3.8, 4) is 0 Å². The molecule has 2 rings (SSSR count). The number of likely N-dealkylation sites (tertiary alicyclic amines) is 1. The fourth-order valence-electron chi connectivity index (χ4n) is 6.87. The van der Waals surface area contributed by atoms with Gasteiger partial charge in [-0.15, -0.1) is 0 Å². The van der Waals surface area contributed by atoms with E-state index in [0.29, 0.717) is 12.8 Å². The maximum Gasteiger partial charge on any atom is 0.325 e. The van der Waals surface area contributed by atoms with Gasteiger partial charge in [0.15, 0.2) is 0 Å². The highest BCUT2D eigenvalue weighted by molar-refractivity contribution is 5.97. The average Bonchev–Trinajstić information content (AvgIpc) is 3.89. The van der Waals surface area contributed by atoms with E-state index in [9.17, 15) is 57.8 Å². The Morgan fingerprint density at radius 3 is 1.77 bits per heavy atom. The molecule has 1 unspecified atom stereocenters. The Balaban J connectivity index is 2.00. The fraction of sp³-hybridized carbons (Fsp3) is 0.725. The van der Waals surface area contributed by atoms with Crippen molar-refractivity contribution in [3.05, 3.63) is 0 Å². The van der Waals surface area contributed by atoms with Gasteiger partial charge in [-0.1, -0.05) is 27.7 Å². The molecular weight excluding hydrogens is 843 g/mol. The molecule has 2 aliphatic rings. The third-order valence-electron chi connectivity index (χ3n) is 10.4. The van der Waals surface area contributed by atoms with Gasteiger partial charge in [-0.2, -0.15) is 0 Å². The van der Waals surface area contributed by atoms with Gasteiger partial charge in [0.2, 0.25) is 59.1 Å². The van der Waals surface area contributed by atoms with Gasteiger partial charge in [0.25, 0.3) is 0 Å². The maximum absolute atomic E-state index is 13.5. The molecule has 24 nitrogen and oxygen atoms in total. The van der Waals surface area contributed by atoms with Crippen molar-refractivity contribution in [1.82, 2.24) is 52.8 Å². The summed E-state index contributed by atoms with van der Waals surface area (Å²) in [7, 11) is 0. The zero-order valence-electron chi connectivity index (χ0n) is 37.5. The Bertz CT molecular complexity index is 1730. The van der Waals surface area contributed by atoms with Crippen molar-refractivity contribution in [1.29, 1.82) is 0 Å². The lowest BCUT2D eigenvalue weighted by atomic mass is 10.0. The first kappa shape index (κ1) is 54.2. The second-order valence-corrected chi connectivity index (χ2v) is 17.1. The predicted octanol–water partition coefficient (Wildman–Crippen LogP) is -4.66. The summed E-state index contributed by atoms with van der Waals surface area (Å²) < 4.78 is 0. The molecule has 2 aliphatic heterocycles. The van der Waals surface area contributed by atoms with Crippen LogP contribution in [-0.4, -0.2) is 161 Å². The monoisotopic (exact) mass is 909 g/mol. The van der Waals surface area contributed by atoms with Gasteiger partial charge in [-0.3, -0.25) is 52.7 Å². The van der Waals surface area contributed by atoms with Crippen molar-refractivity contribution in [2.24, 2.45) is 17.6 Å². The van der Waals surface area contributed by atoms with E-state index in [1.807, 2.05) is 0 Å². The first-order valence-corrected chi connectivity index (χ1v) is 21.5. The van der Waals surface area contributed by atoms with E-state index in [1.165, 1.54) is 25.7 Å². The van der Waals surface area contributed by atoms with Crippen LogP contribution in [0.4, 0.5) is 0 Å². The number of β-amino-alcohol motifs (C(OH)–C–C–N with tert-alkyl or cyclic N) is 1. The maximum atomic E-state index is 13.5. The molecule has 0 saturated carbocycles. The van der Waals surface area contributed by atoms with Crippen molar-refractivity contribution in [3.63, 3.8) is 0 Å². The normalized spacial score (nSPS) is 19.8. The molecule has 0 spiro atoms. The van der Waals surface area contributed by atoms with Crippen LogP contribution in [0.5, 0.6) is 0 Å². The molecule has 2 heterocycles. The number of nitrogens with one attached hydrogen (secondary N) is 9. The number of rotatable bonds is 25. The second-order valence-electron chi connectivity index (χ2n) is 17.1. The van der Waals surface area contributed by atoms with Gasteiger partial charge in [0.05, 0.1) is 25.2 Å². The van der Waals surface area contributed by atoms with Crippen LogP contribution in [0.3, 0.4) is 0 Å². The molecule has 360 valence electrons. The van der Waals surface area contributed by atoms with E-state index in [2.05, 4.69) is 47.9 Å². The summed E-state index contributed by atoms with van der Waals surface area (Å²) in [6.07, 6.45) is -0.0974. The number of nitrogens with two attached hydrogens (primary N) is 1. The minimum atomic E-state index is -1.36. The van der Waals surface area contributed by atoms with Crippen LogP contribution in [-0.2, 0) is 52.7 Å². The molecule has 9 atom stereocenters. The molecule has 64 heavy (non-hydrogen) atoms. The quantitative estimate of drug-likeness (QED) is 0.0410.